The number of aliphatic imine (C=N–C) groups is 1. The monoisotopic (exact) mass is 321 g/mol. The van der Waals surface area contributed by atoms with Crippen molar-refractivity contribution in [3.05, 3.63) is 85.3 Å². The summed E-state index contributed by atoms with van der Waals surface area (Å²) < 4.78 is 0. The van der Waals surface area contributed by atoms with E-state index < -0.39 is 0 Å². The minimum Gasteiger partial charge on any atom is -0.380 e. The quantitative estimate of drug-likeness (QED) is 0.532. The van der Waals surface area contributed by atoms with E-state index in [0.29, 0.717) is 5.69 Å². The SMILES string of the molecule is C=C/C=C\C=C(/C)NCC(=O)Nc1ccc(C=NC=C)c(C=C)c1. The third kappa shape index (κ3) is 6.75. The molecule has 0 radical (unpaired) electrons. The zero-order chi connectivity index (χ0) is 17.8. The van der Waals surface area contributed by atoms with Crippen molar-refractivity contribution in [3.63, 3.8) is 0 Å². The zero-order valence-corrected chi connectivity index (χ0v) is 14.0. The van der Waals surface area contributed by atoms with E-state index in [1.165, 1.54) is 6.20 Å². The maximum absolute atomic E-state index is 12.0. The van der Waals surface area contributed by atoms with Gasteiger partial charge in [0.2, 0.25) is 5.91 Å². The Bertz CT molecular complexity index is 697. The Labute approximate surface area is 143 Å². The second-order valence-corrected chi connectivity index (χ2v) is 4.88. The molecule has 1 aromatic carbocycles. The van der Waals surface area contributed by atoms with E-state index in [4.69, 9.17) is 0 Å². The van der Waals surface area contributed by atoms with Crippen LogP contribution >= 0.6 is 0 Å². The van der Waals surface area contributed by atoms with Gasteiger partial charge in [-0.2, -0.15) is 0 Å². The van der Waals surface area contributed by atoms with Crippen molar-refractivity contribution in [1.82, 2.24) is 5.32 Å². The van der Waals surface area contributed by atoms with Gasteiger partial charge in [0.15, 0.2) is 0 Å². The van der Waals surface area contributed by atoms with Crippen molar-refractivity contribution in [1.29, 1.82) is 0 Å². The summed E-state index contributed by atoms with van der Waals surface area (Å²) in [4.78, 5) is 16.0. The van der Waals surface area contributed by atoms with Crippen molar-refractivity contribution in [3.8, 4) is 0 Å². The highest BCUT2D eigenvalue weighted by Crippen LogP contribution is 2.16. The molecular weight excluding hydrogens is 298 g/mol. The number of benzene rings is 1. The predicted octanol–water partition coefficient (Wildman–Crippen LogP) is 4.07. The lowest BCUT2D eigenvalue weighted by Gasteiger charge is -2.09. The Morgan fingerprint density at radius 2 is 2.00 bits per heavy atom. The lowest BCUT2D eigenvalue weighted by atomic mass is 10.1. The van der Waals surface area contributed by atoms with Crippen molar-refractivity contribution in [2.75, 3.05) is 11.9 Å². The highest BCUT2D eigenvalue weighted by molar-refractivity contribution is 5.94. The number of hydrogen-bond donors (Lipinski definition) is 2. The van der Waals surface area contributed by atoms with Gasteiger partial charge in [-0.1, -0.05) is 50.1 Å². The Hall–Kier alpha value is -3.14. The number of carbonyl (C=O) groups excluding carboxylic acids is 1. The topological polar surface area (TPSA) is 53.5 Å². The molecule has 0 bridgehead atoms. The average molecular weight is 321 g/mol. The van der Waals surface area contributed by atoms with E-state index in [0.717, 1.165) is 16.8 Å². The van der Waals surface area contributed by atoms with Crippen LogP contribution in [-0.2, 0) is 4.79 Å². The molecular formula is C20H23N3O. The van der Waals surface area contributed by atoms with Crippen LogP contribution in [0.2, 0.25) is 0 Å². The summed E-state index contributed by atoms with van der Waals surface area (Å²) >= 11 is 0. The molecule has 0 spiro atoms. The van der Waals surface area contributed by atoms with Gasteiger partial charge in [0.25, 0.3) is 0 Å². The fraction of sp³-hybridized carbons (Fsp3) is 0.100. The summed E-state index contributed by atoms with van der Waals surface area (Å²) in [6.07, 6.45) is 12.1. The lowest BCUT2D eigenvalue weighted by Crippen LogP contribution is -2.26. The number of nitrogens with zero attached hydrogens (tertiary/aromatic N) is 1. The molecule has 1 amide bonds. The van der Waals surface area contributed by atoms with Crippen LogP contribution in [-0.4, -0.2) is 18.7 Å². The van der Waals surface area contributed by atoms with Gasteiger partial charge >= 0.3 is 0 Å². The van der Waals surface area contributed by atoms with E-state index in [1.54, 1.807) is 18.4 Å². The first-order chi connectivity index (χ1) is 11.6. The second kappa shape index (κ2) is 10.6. The van der Waals surface area contributed by atoms with Gasteiger partial charge in [0.05, 0.1) is 6.54 Å². The molecule has 4 heteroatoms. The number of carbonyl (C=O) groups is 1. The van der Waals surface area contributed by atoms with Crippen LogP contribution in [0.4, 0.5) is 5.69 Å². The minimum absolute atomic E-state index is 0.127. The van der Waals surface area contributed by atoms with Crippen molar-refractivity contribution < 1.29 is 4.79 Å². The number of nitrogens with one attached hydrogen (secondary N) is 2. The summed E-state index contributed by atoms with van der Waals surface area (Å²) in [5.74, 6) is -0.127. The van der Waals surface area contributed by atoms with Gasteiger partial charge in [-0.05, 0) is 30.7 Å². The second-order valence-electron chi connectivity index (χ2n) is 4.88. The number of amides is 1. The van der Waals surface area contributed by atoms with E-state index in [9.17, 15) is 4.79 Å². The summed E-state index contributed by atoms with van der Waals surface area (Å²) in [7, 11) is 0. The van der Waals surface area contributed by atoms with Gasteiger partial charge in [-0.25, -0.2) is 0 Å². The molecule has 4 nitrogen and oxygen atoms in total. The molecule has 24 heavy (non-hydrogen) atoms. The van der Waals surface area contributed by atoms with Crippen LogP contribution in [0.3, 0.4) is 0 Å². The first-order valence-corrected chi connectivity index (χ1v) is 7.51. The largest absolute Gasteiger partial charge is 0.380 e. The van der Waals surface area contributed by atoms with Crippen LogP contribution in [0.1, 0.15) is 18.1 Å². The van der Waals surface area contributed by atoms with Gasteiger partial charge in [-0.3, -0.25) is 9.79 Å². The molecule has 0 fully saturated rings. The fourth-order valence-electron chi connectivity index (χ4n) is 1.84. The predicted molar refractivity (Wildman–Crippen MR) is 104 cm³/mol. The molecule has 0 aliphatic carbocycles. The highest BCUT2D eigenvalue weighted by atomic mass is 16.1. The van der Waals surface area contributed by atoms with E-state index >= 15 is 0 Å². The molecule has 0 saturated heterocycles. The summed E-state index contributed by atoms with van der Waals surface area (Å²) in [5.41, 5.74) is 3.40. The van der Waals surface area contributed by atoms with Gasteiger partial charge in [0, 0.05) is 29.4 Å². The number of hydrogen-bond acceptors (Lipinski definition) is 3. The van der Waals surface area contributed by atoms with Crippen LogP contribution in [0, 0.1) is 0 Å². The van der Waals surface area contributed by atoms with Crippen molar-refractivity contribution >= 4 is 23.9 Å². The third-order valence-corrected chi connectivity index (χ3v) is 3.03. The molecule has 0 heterocycles. The molecule has 0 atom stereocenters. The van der Waals surface area contributed by atoms with Gasteiger partial charge in [0.1, 0.15) is 0 Å². The fourth-order valence-corrected chi connectivity index (χ4v) is 1.84. The van der Waals surface area contributed by atoms with Gasteiger partial charge < -0.3 is 10.6 Å². The van der Waals surface area contributed by atoms with E-state index in [-0.39, 0.29) is 12.5 Å². The van der Waals surface area contributed by atoms with Crippen LogP contribution in [0.5, 0.6) is 0 Å². The summed E-state index contributed by atoms with van der Waals surface area (Å²) in [5, 5.41) is 5.89. The van der Waals surface area contributed by atoms with E-state index in [2.05, 4.69) is 35.4 Å². The number of anilines is 1. The maximum atomic E-state index is 12.0. The molecule has 0 saturated carbocycles. The first kappa shape index (κ1) is 18.9. The summed E-state index contributed by atoms with van der Waals surface area (Å²) in [6, 6.07) is 5.55. The highest BCUT2D eigenvalue weighted by Gasteiger charge is 2.04. The van der Waals surface area contributed by atoms with Gasteiger partial charge in [-0.15, -0.1) is 0 Å². The smallest absolute Gasteiger partial charge is 0.243 e. The van der Waals surface area contributed by atoms with Crippen LogP contribution in [0.15, 0.2) is 79.1 Å². The first-order valence-electron chi connectivity index (χ1n) is 7.51. The molecule has 0 unspecified atom stereocenters. The Kier molecular flexibility index (Phi) is 8.32. The third-order valence-electron chi connectivity index (χ3n) is 3.03. The maximum Gasteiger partial charge on any atom is 0.243 e. The Morgan fingerprint density at radius 3 is 2.67 bits per heavy atom. The Morgan fingerprint density at radius 1 is 1.21 bits per heavy atom. The molecule has 1 rings (SSSR count). The molecule has 0 aromatic heterocycles. The average Bonchev–Trinajstić information content (AvgIpc) is 2.59. The van der Waals surface area contributed by atoms with Crippen molar-refractivity contribution in [2.45, 2.75) is 6.92 Å². The summed E-state index contributed by atoms with van der Waals surface area (Å²) in [6.45, 7) is 13.0. The van der Waals surface area contributed by atoms with E-state index in [1.807, 2.05) is 43.4 Å². The van der Waals surface area contributed by atoms with Crippen LogP contribution in [0.25, 0.3) is 6.08 Å². The Balaban J connectivity index is 2.67. The number of allylic oxidation sites excluding steroid dienone is 5. The lowest BCUT2D eigenvalue weighted by molar-refractivity contribution is -0.115. The molecule has 1 aromatic rings. The molecule has 124 valence electrons. The molecule has 0 aliphatic rings. The number of rotatable bonds is 9. The molecule has 2 N–H and O–H groups in total. The minimum atomic E-state index is -0.127. The molecule has 0 aliphatic heterocycles. The van der Waals surface area contributed by atoms with Crippen molar-refractivity contribution in [2.24, 2.45) is 4.99 Å². The van der Waals surface area contributed by atoms with Crippen LogP contribution < -0.4 is 10.6 Å². The zero-order valence-electron chi connectivity index (χ0n) is 14.0. The standard InChI is InChI=1S/C20H23N3O/c1-5-8-9-10-16(4)22-15-20(24)23-19-12-11-18(14-21-7-3)17(6-2)13-19/h5-14,22H,1-3,15H2,4H3,(H,23,24)/b9-8-,16-10+,21-14?. The normalized spacial score (nSPS) is 11.5.